The maximum atomic E-state index is 13.5. The summed E-state index contributed by atoms with van der Waals surface area (Å²) < 4.78 is 40.2. The van der Waals surface area contributed by atoms with Crippen LogP contribution in [-0.2, 0) is 16.6 Å². The van der Waals surface area contributed by atoms with Crippen LogP contribution in [0.2, 0.25) is 0 Å². The highest BCUT2D eigenvalue weighted by Gasteiger charge is 2.20. The first-order chi connectivity index (χ1) is 14.8. The maximum absolute atomic E-state index is 13.5. The number of carbonyl (C=O) groups excluding carboxylic acids is 1. The standard InChI is InChI=1S/C23H22FN3O3S/c1-17-7-13-21(14-8-17)31(29,30)27(2)16-18-9-11-19(12-10-18)23(28)26-25-15-20-5-3-4-6-22(20)24/h3-15H,16H2,1-2H3,(H,26,28). The molecule has 0 unspecified atom stereocenters. The Morgan fingerprint density at radius 2 is 1.68 bits per heavy atom. The lowest BCUT2D eigenvalue weighted by Gasteiger charge is -2.17. The van der Waals surface area contributed by atoms with Gasteiger partial charge in [-0.3, -0.25) is 4.79 Å². The predicted molar refractivity (Wildman–Crippen MR) is 118 cm³/mol. The minimum absolute atomic E-state index is 0.156. The number of sulfonamides is 1. The molecule has 0 aromatic heterocycles. The van der Waals surface area contributed by atoms with Crippen molar-refractivity contribution >= 4 is 22.1 Å². The molecule has 0 aliphatic heterocycles. The Bertz CT molecular complexity index is 1190. The highest BCUT2D eigenvalue weighted by atomic mass is 32.2. The molecule has 1 amide bonds. The largest absolute Gasteiger partial charge is 0.271 e. The second kappa shape index (κ2) is 9.63. The third kappa shape index (κ3) is 5.62. The number of aryl methyl sites for hydroxylation is 1. The van der Waals surface area contributed by atoms with Crippen LogP contribution < -0.4 is 5.43 Å². The molecule has 31 heavy (non-hydrogen) atoms. The molecule has 6 nitrogen and oxygen atoms in total. The van der Waals surface area contributed by atoms with E-state index < -0.39 is 21.7 Å². The van der Waals surface area contributed by atoms with E-state index in [9.17, 15) is 17.6 Å². The number of halogens is 1. The number of hydrazone groups is 1. The molecule has 0 bridgehead atoms. The van der Waals surface area contributed by atoms with Gasteiger partial charge in [0, 0.05) is 24.7 Å². The molecular formula is C23H22FN3O3S. The average molecular weight is 440 g/mol. The van der Waals surface area contributed by atoms with Crippen molar-refractivity contribution in [3.63, 3.8) is 0 Å². The fourth-order valence-corrected chi connectivity index (χ4v) is 3.96. The lowest BCUT2D eigenvalue weighted by Crippen LogP contribution is -2.26. The molecule has 160 valence electrons. The molecule has 0 spiro atoms. The lowest BCUT2D eigenvalue weighted by atomic mass is 10.1. The summed E-state index contributed by atoms with van der Waals surface area (Å²) in [7, 11) is -2.11. The van der Waals surface area contributed by atoms with Crippen molar-refractivity contribution < 1.29 is 17.6 Å². The van der Waals surface area contributed by atoms with Gasteiger partial charge in [0.05, 0.1) is 11.1 Å². The van der Waals surface area contributed by atoms with Crippen LogP contribution in [0, 0.1) is 12.7 Å². The van der Waals surface area contributed by atoms with E-state index >= 15 is 0 Å². The Balaban J connectivity index is 1.62. The van der Waals surface area contributed by atoms with E-state index in [2.05, 4.69) is 10.5 Å². The van der Waals surface area contributed by atoms with Gasteiger partial charge in [-0.05, 0) is 42.8 Å². The topological polar surface area (TPSA) is 78.8 Å². The van der Waals surface area contributed by atoms with E-state index in [0.29, 0.717) is 5.56 Å². The summed E-state index contributed by atoms with van der Waals surface area (Å²) in [6.45, 7) is 2.05. The molecule has 0 saturated heterocycles. The van der Waals surface area contributed by atoms with Crippen LogP contribution >= 0.6 is 0 Å². The molecule has 3 aromatic carbocycles. The normalized spacial score (nSPS) is 11.7. The van der Waals surface area contributed by atoms with Crippen LogP contribution in [-0.4, -0.2) is 31.9 Å². The Labute approximate surface area is 181 Å². The fraction of sp³-hybridized carbons (Fsp3) is 0.130. The number of amides is 1. The van der Waals surface area contributed by atoms with E-state index in [-0.39, 0.29) is 17.0 Å². The van der Waals surface area contributed by atoms with Gasteiger partial charge >= 0.3 is 0 Å². The number of hydrogen-bond donors (Lipinski definition) is 1. The number of hydrogen-bond acceptors (Lipinski definition) is 4. The second-order valence-electron chi connectivity index (χ2n) is 6.99. The first-order valence-electron chi connectivity index (χ1n) is 9.47. The molecular weight excluding hydrogens is 417 g/mol. The maximum Gasteiger partial charge on any atom is 0.271 e. The Kier molecular flexibility index (Phi) is 6.94. The van der Waals surface area contributed by atoms with E-state index in [0.717, 1.165) is 11.1 Å². The minimum Gasteiger partial charge on any atom is -0.267 e. The third-order valence-electron chi connectivity index (χ3n) is 4.63. The first kappa shape index (κ1) is 22.3. The van der Waals surface area contributed by atoms with Gasteiger partial charge in [-0.2, -0.15) is 9.41 Å². The van der Waals surface area contributed by atoms with Gasteiger partial charge in [0.2, 0.25) is 10.0 Å². The van der Waals surface area contributed by atoms with E-state index in [4.69, 9.17) is 0 Å². The van der Waals surface area contributed by atoms with Crippen molar-refractivity contribution in [3.8, 4) is 0 Å². The van der Waals surface area contributed by atoms with Crippen LogP contribution in [0.25, 0.3) is 0 Å². The van der Waals surface area contributed by atoms with Gasteiger partial charge in [-0.1, -0.05) is 48.0 Å². The Morgan fingerprint density at radius 3 is 2.32 bits per heavy atom. The molecule has 3 aromatic rings. The average Bonchev–Trinajstić information content (AvgIpc) is 2.76. The van der Waals surface area contributed by atoms with Crippen molar-refractivity contribution in [1.82, 2.24) is 9.73 Å². The van der Waals surface area contributed by atoms with E-state index in [1.807, 2.05) is 6.92 Å². The summed E-state index contributed by atoms with van der Waals surface area (Å²) in [6.07, 6.45) is 1.23. The summed E-state index contributed by atoms with van der Waals surface area (Å²) in [5.41, 5.74) is 4.66. The number of carbonyl (C=O) groups is 1. The van der Waals surface area contributed by atoms with Crippen LogP contribution in [0.4, 0.5) is 4.39 Å². The molecule has 0 aliphatic carbocycles. The number of benzene rings is 3. The van der Waals surface area contributed by atoms with E-state index in [1.165, 1.54) is 23.6 Å². The van der Waals surface area contributed by atoms with Gasteiger partial charge in [0.1, 0.15) is 5.82 Å². The molecule has 8 heteroatoms. The highest BCUT2D eigenvalue weighted by Crippen LogP contribution is 2.17. The summed E-state index contributed by atoms with van der Waals surface area (Å²) in [6, 6.07) is 19.3. The Hall–Kier alpha value is -3.36. The van der Waals surface area contributed by atoms with E-state index in [1.54, 1.807) is 66.7 Å². The first-order valence-corrected chi connectivity index (χ1v) is 10.9. The van der Waals surface area contributed by atoms with Crippen molar-refractivity contribution in [2.24, 2.45) is 5.10 Å². The SMILES string of the molecule is Cc1ccc(S(=O)(=O)N(C)Cc2ccc(C(=O)NN=Cc3ccccc3F)cc2)cc1. The molecule has 0 atom stereocenters. The van der Waals surface area contributed by atoms with Crippen LogP contribution in [0.15, 0.2) is 82.8 Å². The molecule has 3 rings (SSSR count). The second-order valence-corrected chi connectivity index (χ2v) is 9.04. The fourth-order valence-electron chi connectivity index (χ4n) is 2.80. The van der Waals surface area contributed by atoms with Gasteiger partial charge in [0.25, 0.3) is 5.91 Å². The summed E-state index contributed by atoms with van der Waals surface area (Å²) >= 11 is 0. The lowest BCUT2D eigenvalue weighted by molar-refractivity contribution is 0.0955. The molecule has 0 saturated carbocycles. The van der Waals surface area contributed by atoms with Crippen LogP contribution in [0.1, 0.15) is 27.0 Å². The van der Waals surface area contributed by atoms with Crippen molar-refractivity contribution in [2.45, 2.75) is 18.4 Å². The van der Waals surface area contributed by atoms with Crippen LogP contribution in [0.3, 0.4) is 0 Å². The zero-order valence-corrected chi connectivity index (χ0v) is 17.9. The van der Waals surface area contributed by atoms with Gasteiger partial charge < -0.3 is 0 Å². The Morgan fingerprint density at radius 1 is 1.03 bits per heavy atom. The number of nitrogens with zero attached hydrogens (tertiary/aromatic N) is 2. The summed E-state index contributed by atoms with van der Waals surface area (Å²) in [5, 5.41) is 3.77. The smallest absolute Gasteiger partial charge is 0.267 e. The number of rotatable bonds is 7. The summed E-state index contributed by atoms with van der Waals surface area (Å²) in [4.78, 5) is 12.4. The molecule has 0 fully saturated rings. The minimum atomic E-state index is -3.62. The molecule has 0 radical (unpaired) electrons. The van der Waals surface area contributed by atoms with Crippen molar-refractivity contribution in [2.75, 3.05) is 7.05 Å². The third-order valence-corrected chi connectivity index (χ3v) is 6.44. The molecule has 1 N–H and O–H groups in total. The predicted octanol–water partition coefficient (Wildman–Crippen LogP) is 3.72. The quantitative estimate of drug-likeness (QED) is 0.450. The summed E-state index contributed by atoms with van der Waals surface area (Å²) in [5.74, 6) is -0.894. The van der Waals surface area contributed by atoms with Crippen LogP contribution in [0.5, 0.6) is 0 Å². The van der Waals surface area contributed by atoms with Gasteiger partial charge in [-0.15, -0.1) is 0 Å². The number of nitrogens with one attached hydrogen (secondary N) is 1. The zero-order chi connectivity index (χ0) is 22.4. The van der Waals surface area contributed by atoms with Crippen molar-refractivity contribution in [1.29, 1.82) is 0 Å². The highest BCUT2D eigenvalue weighted by molar-refractivity contribution is 7.89. The zero-order valence-electron chi connectivity index (χ0n) is 17.1. The molecule has 0 aliphatic rings. The van der Waals surface area contributed by atoms with Crippen molar-refractivity contribution in [3.05, 3.63) is 101 Å². The molecule has 0 heterocycles. The monoisotopic (exact) mass is 439 g/mol. The van der Waals surface area contributed by atoms with Gasteiger partial charge in [-0.25, -0.2) is 18.2 Å². The van der Waals surface area contributed by atoms with Gasteiger partial charge in [0.15, 0.2) is 0 Å².